The molecule has 1 N–H and O–H groups in total. The van der Waals surface area contributed by atoms with Gasteiger partial charge in [-0.2, -0.15) is 0 Å². The van der Waals surface area contributed by atoms with Gasteiger partial charge >= 0.3 is 0 Å². The van der Waals surface area contributed by atoms with E-state index in [9.17, 15) is 4.79 Å². The van der Waals surface area contributed by atoms with Gasteiger partial charge in [-0.1, -0.05) is 41.4 Å². The summed E-state index contributed by atoms with van der Waals surface area (Å²) in [6, 6.07) is 5.34. The number of alkyl halides is 1. The number of halogens is 2. The number of amides is 1. The zero-order chi connectivity index (χ0) is 13.8. The smallest absolute Gasteiger partial charge is 0.251 e. The minimum absolute atomic E-state index is 0.0436. The first-order valence-corrected chi connectivity index (χ1v) is 7.62. The van der Waals surface area contributed by atoms with Crippen LogP contribution in [0.1, 0.15) is 42.6 Å². The van der Waals surface area contributed by atoms with E-state index in [1.807, 2.05) is 13.0 Å². The van der Waals surface area contributed by atoms with Crippen LogP contribution in [0.5, 0.6) is 0 Å². The van der Waals surface area contributed by atoms with Crippen LogP contribution in [-0.4, -0.2) is 16.8 Å². The summed E-state index contributed by atoms with van der Waals surface area (Å²) in [5.74, 6) is -0.0436. The van der Waals surface area contributed by atoms with Crippen LogP contribution in [0.3, 0.4) is 0 Å². The van der Waals surface area contributed by atoms with Gasteiger partial charge in [-0.3, -0.25) is 4.79 Å². The summed E-state index contributed by atoms with van der Waals surface area (Å²) in [6.07, 6.45) is 1.79. The van der Waals surface area contributed by atoms with E-state index < -0.39 is 0 Å². The van der Waals surface area contributed by atoms with Crippen molar-refractivity contribution in [1.82, 2.24) is 5.32 Å². The van der Waals surface area contributed by atoms with Crippen LogP contribution in [-0.2, 0) is 0 Å². The third kappa shape index (κ3) is 3.48. The second-order valence-corrected chi connectivity index (χ2v) is 5.51. The molecule has 4 heteroatoms. The highest BCUT2D eigenvalue weighted by Gasteiger charge is 2.27. The van der Waals surface area contributed by atoms with Crippen LogP contribution < -0.4 is 5.32 Å². The van der Waals surface area contributed by atoms with Gasteiger partial charge in [-0.25, -0.2) is 0 Å². The van der Waals surface area contributed by atoms with E-state index in [0.29, 0.717) is 10.6 Å². The van der Waals surface area contributed by atoms with Crippen LogP contribution in [0, 0.1) is 6.92 Å². The molecule has 1 amide bonds. The number of rotatable bonds is 5. The number of carbonyl (C=O) groups excluding carboxylic acids is 1. The van der Waals surface area contributed by atoms with Crippen molar-refractivity contribution in [2.75, 3.05) is 5.33 Å². The summed E-state index contributed by atoms with van der Waals surface area (Å²) in [5.41, 5.74) is 1.40. The molecule has 0 unspecified atom stereocenters. The van der Waals surface area contributed by atoms with E-state index in [0.717, 1.165) is 23.7 Å². The molecule has 0 fully saturated rings. The van der Waals surface area contributed by atoms with Gasteiger partial charge in [0.15, 0.2) is 0 Å². The Morgan fingerprint density at radius 1 is 1.39 bits per heavy atom. The van der Waals surface area contributed by atoms with Crippen molar-refractivity contribution >= 4 is 33.4 Å². The molecule has 0 bridgehead atoms. The summed E-state index contributed by atoms with van der Waals surface area (Å²) in [5, 5.41) is 4.55. The second-order valence-electron chi connectivity index (χ2n) is 4.54. The molecule has 0 atom stereocenters. The third-order valence-electron chi connectivity index (χ3n) is 3.41. The van der Waals surface area contributed by atoms with Gasteiger partial charge in [0.1, 0.15) is 0 Å². The molecule has 0 radical (unpaired) electrons. The van der Waals surface area contributed by atoms with Crippen molar-refractivity contribution in [3.8, 4) is 0 Å². The van der Waals surface area contributed by atoms with E-state index in [2.05, 4.69) is 35.1 Å². The molecule has 1 rings (SSSR count). The fourth-order valence-corrected chi connectivity index (χ4v) is 2.80. The van der Waals surface area contributed by atoms with E-state index in [-0.39, 0.29) is 11.4 Å². The van der Waals surface area contributed by atoms with Crippen LogP contribution in [0.25, 0.3) is 0 Å². The van der Waals surface area contributed by atoms with Crippen LogP contribution in [0.15, 0.2) is 18.2 Å². The molecule has 0 aromatic heterocycles. The summed E-state index contributed by atoms with van der Waals surface area (Å²) in [4.78, 5) is 12.2. The molecule has 0 spiro atoms. The van der Waals surface area contributed by atoms with Crippen molar-refractivity contribution in [1.29, 1.82) is 0 Å². The van der Waals surface area contributed by atoms with Gasteiger partial charge in [0, 0.05) is 21.5 Å². The Labute approximate surface area is 122 Å². The molecule has 2 nitrogen and oxygen atoms in total. The molecule has 1 aromatic carbocycles. The largest absolute Gasteiger partial charge is 0.346 e. The summed E-state index contributed by atoms with van der Waals surface area (Å²) >= 11 is 9.45. The van der Waals surface area contributed by atoms with Crippen molar-refractivity contribution in [2.24, 2.45) is 0 Å². The topological polar surface area (TPSA) is 29.1 Å². The van der Waals surface area contributed by atoms with E-state index >= 15 is 0 Å². The Morgan fingerprint density at radius 2 is 2.00 bits per heavy atom. The molecule has 0 saturated heterocycles. The molecule has 0 aliphatic heterocycles. The zero-order valence-electron chi connectivity index (χ0n) is 11.0. The lowest BCUT2D eigenvalue weighted by Gasteiger charge is -2.31. The van der Waals surface area contributed by atoms with Crippen molar-refractivity contribution < 1.29 is 4.79 Å². The van der Waals surface area contributed by atoms with E-state index in [1.54, 1.807) is 12.1 Å². The SMILES string of the molecule is CCC(CC)(CBr)NC(=O)c1ccc(Cl)c(C)c1. The number of carbonyl (C=O) groups is 1. The highest BCUT2D eigenvalue weighted by Crippen LogP contribution is 2.20. The molecular weight excluding hydrogens is 314 g/mol. The molecule has 1 aromatic rings. The number of nitrogens with one attached hydrogen (secondary N) is 1. The Bertz CT molecular complexity index is 422. The lowest BCUT2D eigenvalue weighted by molar-refractivity contribution is 0.0903. The standard InChI is InChI=1S/C14H19BrClNO/c1-4-14(5-2,9-15)17-13(18)11-6-7-12(16)10(3)8-11/h6-8H,4-5,9H2,1-3H3,(H,17,18). The van der Waals surface area contributed by atoms with E-state index in [4.69, 9.17) is 11.6 Å². The number of hydrogen-bond acceptors (Lipinski definition) is 1. The molecule has 0 heterocycles. The average molecular weight is 333 g/mol. The maximum Gasteiger partial charge on any atom is 0.251 e. The van der Waals surface area contributed by atoms with Gasteiger partial charge in [-0.05, 0) is 43.5 Å². The Kier molecular flexibility index (Phi) is 5.67. The van der Waals surface area contributed by atoms with Crippen molar-refractivity contribution in [3.63, 3.8) is 0 Å². The molecule has 0 aliphatic rings. The Balaban J connectivity index is 2.90. The first-order chi connectivity index (χ1) is 8.48. The fourth-order valence-electron chi connectivity index (χ4n) is 1.75. The van der Waals surface area contributed by atoms with Gasteiger partial charge < -0.3 is 5.32 Å². The lowest BCUT2D eigenvalue weighted by Crippen LogP contribution is -2.49. The first-order valence-electron chi connectivity index (χ1n) is 6.12. The highest BCUT2D eigenvalue weighted by atomic mass is 79.9. The predicted molar refractivity (Wildman–Crippen MR) is 80.8 cm³/mol. The summed E-state index contributed by atoms with van der Waals surface area (Å²) in [6.45, 7) is 6.06. The van der Waals surface area contributed by atoms with Gasteiger partial charge in [0.05, 0.1) is 0 Å². The normalized spacial score (nSPS) is 11.4. The molecule has 0 aliphatic carbocycles. The van der Waals surface area contributed by atoms with Gasteiger partial charge in [-0.15, -0.1) is 0 Å². The maximum atomic E-state index is 12.2. The predicted octanol–water partition coefficient (Wildman–Crippen LogP) is 4.33. The number of aryl methyl sites for hydroxylation is 1. The minimum atomic E-state index is -0.176. The van der Waals surface area contributed by atoms with E-state index in [1.165, 1.54) is 0 Å². The Hall–Kier alpha value is -0.540. The second kappa shape index (κ2) is 6.58. The van der Waals surface area contributed by atoms with Crippen LogP contribution in [0.4, 0.5) is 0 Å². The van der Waals surface area contributed by atoms with Crippen molar-refractivity contribution in [3.05, 3.63) is 34.3 Å². The fraction of sp³-hybridized carbons (Fsp3) is 0.500. The zero-order valence-corrected chi connectivity index (χ0v) is 13.4. The average Bonchev–Trinajstić information content (AvgIpc) is 2.39. The maximum absolute atomic E-state index is 12.2. The number of hydrogen-bond donors (Lipinski definition) is 1. The molecule has 18 heavy (non-hydrogen) atoms. The molecule has 0 saturated carbocycles. The van der Waals surface area contributed by atoms with Crippen LogP contribution in [0.2, 0.25) is 5.02 Å². The highest BCUT2D eigenvalue weighted by molar-refractivity contribution is 9.09. The first kappa shape index (κ1) is 15.5. The Morgan fingerprint density at radius 3 is 2.44 bits per heavy atom. The quantitative estimate of drug-likeness (QED) is 0.799. The van der Waals surface area contributed by atoms with Crippen LogP contribution >= 0.6 is 27.5 Å². The van der Waals surface area contributed by atoms with Crippen molar-refractivity contribution in [2.45, 2.75) is 39.2 Å². The third-order valence-corrected chi connectivity index (χ3v) is 4.91. The van der Waals surface area contributed by atoms with Gasteiger partial charge in [0.2, 0.25) is 0 Å². The number of benzene rings is 1. The monoisotopic (exact) mass is 331 g/mol. The summed E-state index contributed by atoms with van der Waals surface area (Å²) in [7, 11) is 0. The molecular formula is C14H19BrClNO. The molecule has 100 valence electrons. The van der Waals surface area contributed by atoms with Gasteiger partial charge in [0.25, 0.3) is 5.91 Å². The minimum Gasteiger partial charge on any atom is -0.346 e. The summed E-state index contributed by atoms with van der Waals surface area (Å²) < 4.78 is 0. The lowest BCUT2D eigenvalue weighted by atomic mass is 9.95.